The molecule has 2 heterocycles. The van der Waals surface area contributed by atoms with Gasteiger partial charge in [0.15, 0.2) is 0 Å². The van der Waals surface area contributed by atoms with Gasteiger partial charge in [-0.15, -0.1) is 0 Å². The van der Waals surface area contributed by atoms with Crippen molar-refractivity contribution >= 4 is 33.6 Å². The van der Waals surface area contributed by atoms with Crippen molar-refractivity contribution in [3.05, 3.63) is 38.3 Å². The van der Waals surface area contributed by atoms with E-state index in [1.807, 2.05) is 12.1 Å². The highest BCUT2D eigenvalue weighted by atomic mass is 127. The molecule has 66 valence electrons. The van der Waals surface area contributed by atoms with Crippen LogP contribution in [0.3, 0.4) is 0 Å². The highest BCUT2D eigenvalue weighted by Crippen LogP contribution is 2.15. The molecule has 0 fully saturated rings. The maximum absolute atomic E-state index is 11.3. The van der Waals surface area contributed by atoms with Crippen LogP contribution < -0.4 is 5.56 Å². The maximum Gasteiger partial charge on any atom is 0.251 e. The molecule has 0 N–H and O–H groups in total. The summed E-state index contributed by atoms with van der Waals surface area (Å²) < 4.78 is 2.66. The number of hydrogen-bond donors (Lipinski definition) is 0. The van der Waals surface area contributed by atoms with Gasteiger partial charge in [0.05, 0.1) is 0 Å². The van der Waals surface area contributed by atoms with Crippen LogP contribution in [0.1, 0.15) is 0 Å². The molecule has 0 radical (unpaired) electrons. The zero-order chi connectivity index (χ0) is 9.42. The summed E-state index contributed by atoms with van der Waals surface area (Å²) in [5, 5.41) is 1.02. The molecule has 2 aromatic heterocycles. The number of rotatable bonds is 0. The predicted molar refractivity (Wildman–Crippen MR) is 59.7 cm³/mol. The maximum atomic E-state index is 11.3. The molecule has 4 heteroatoms. The Balaban J connectivity index is 3.03. The molecular weight excluding hydrogens is 279 g/mol. The van der Waals surface area contributed by atoms with Gasteiger partial charge in [0, 0.05) is 28.3 Å². The summed E-state index contributed by atoms with van der Waals surface area (Å²) in [6.07, 6.45) is 1.71. The van der Waals surface area contributed by atoms with Crippen LogP contribution in [0, 0.1) is 3.57 Å². The van der Waals surface area contributed by atoms with Crippen molar-refractivity contribution in [2.75, 3.05) is 0 Å². The van der Waals surface area contributed by atoms with E-state index in [1.165, 1.54) is 0 Å². The van der Waals surface area contributed by atoms with Crippen molar-refractivity contribution < 1.29 is 0 Å². The molecule has 0 aromatic carbocycles. The molecule has 2 rings (SSSR count). The van der Waals surface area contributed by atoms with Crippen molar-refractivity contribution in [2.45, 2.75) is 0 Å². The Labute approximate surface area is 88.6 Å². The van der Waals surface area contributed by atoms with Crippen LogP contribution in [0.25, 0.3) is 11.0 Å². The first-order chi connectivity index (χ1) is 6.20. The molecule has 0 aliphatic carbocycles. The van der Waals surface area contributed by atoms with E-state index in [-0.39, 0.29) is 5.56 Å². The molecule has 13 heavy (non-hydrogen) atoms. The van der Waals surface area contributed by atoms with Crippen molar-refractivity contribution in [1.82, 2.24) is 9.55 Å². The zero-order valence-corrected chi connectivity index (χ0v) is 9.15. The van der Waals surface area contributed by atoms with Gasteiger partial charge in [-0.25, -0.2) is 4.98 Å². The van der Waals surface area contributed by atoms with E-state index in [9.17, 15) is 4.79 Å². The first kappa shape index (κ1) is 8.68. The second kappa shape index (κ2) is 3.10. The van der Waals surface area contributed by atoms with Crippen LogP contribution in [0.15, 0.2) is 29.2 Å². The predicted octanol–water partition coefficient (Wildman–Crippen LogP) is 1.54. The Morgan fingerprint density at radius 2 is 2.15 bits per heavy atom. The van der Waals surface area contributed by atoms with Gasteiger partial charge in [0.2, 0.25) is 0 Å². The molecule has 0 aliphatic heterocycles. The third-order valence-electron chi connectivity index (χ3n) is 1.96. The third-order valence-corrected chi connectivity index (χ3v) is 2.90. The number of aromatic nitrogens is 2. The van der Waals surface area contributed by atoms with E-state index in [4.69, 9.17) is 0 Å². The summed E-state index contributed by atoms with van der Waals surface area (Å²) in [4.78, 5) is 15.4. The van der Waals surface area contributed by atoms with Crippen molar-refractivity contribution in [3.8, 4) is 0 Å². The van der Waals surface area contributed by atoms with Gasteiger partial charge in [-0.2, -0.15) is 0 Å². The van der Waals surface area contributed by atoms with E-state index in [1.54, 1.807) is 23.9 Å². The van der Waals surface area contributed by atoms with E-state index in [0.717, 1.165) is 14.6 Å². The van der Waals surface area contributed by atoms with Gasteiger partial charge in [-0.3, -0.25) is 9.36 Å². The number of halogens is 1. The molecule has 0 aliphatic rings. The van der Waals surface area contributed by atoms with Gasteiger partial charge in [-0.05, 0) is 34.7 Å². The van der Waals surface area contributed by atoms with Gasteiger partial charge in [-0.1, -0.05) is 0 Å². The number of nitrogens with zero attached hydrogens (tertiary/aromatic N) is 2. The van der Waals surface area contributed by atoms with Crippen molar-refractivity contribution in [3.63, 3.8) is 0 Å². The summed E-state index contributed by atoms with van der Waals surface area (Å²) in [6.45, 7) is 0. The monoisotopic (exact) mass is 286 g/mol. The van der Waals surface area contributed by atoms with E-state index >= 15 is 0 Å². The smallest absolute Gasteiger partial charge is 0.251 e. The van der Waals surface area contributed by atoms with Crippen LogP contribution in [0.4, 0.5) is 0 Å². The fourth-order valence-electron chi connectivity index (χ4n) is 1.23. The first-order valence-corrected chi connectivity index (χ1v) is 4.88. The largest absolute Gasteiger partial charge is 0.296 e. The van der Waals surface area contributed by atoms with Gasteiger partial charge in [0.1, 0.15) is 5.65 Å². The Kier molecular flexibility index (Phi) is 2.07. The van der Waals surface area contributed by atoms with Crippen molar-refractivity contribution in [2.24, 2.45) is 7.05 Å². The Hall–Kier alpha value is -0.910. The van der Waals surface area contributed by atoms with Gasteiger partial charge in [0.25, 0.3) is 5.56 Å². The molecule has 0 atom stereocenters. The van der Waals surface area contributed by atoms with Crippen LogP contribution in [-0.2, 0) is 7.05 Å². The summed E-state index contributed by atoms with van der Waals surface area (Å²) in [7, 11) is 1.73. The van der Waals surface area contributed by atoms with Crippen LogP contribution in [0.2, 0.25) is 0 Å². The summed E-state index contributed by atoms with van der Waals surface area (Å²) in [5.74, 6) is 0. The fourth-order valence-corrected chi connectivity index (χ4v) is 1.81. The average Bonchev–Trinajstić information content (AvgIpc) is 2.12. The number of fused-ring (bicyclic) bond motifs is 1. The lowest BCUT2D eigenvalue weighted by molar-refractivity contribution is 0.887. The Morgan fingerprint density at radius 3 is 2.92 bits per heavy atom. The Morgan fingerprint density at radius 1 is 1.38 bits per heavy atom. The third kappa shape index (κ3) is 1.35. The molecule has 0 spiro atoms. The average molecular weight is 286 g/mol. The topological polar surface area (TPSA) is 34.9 Å². The minimum absolute atomic E-state index is 0.0259. The number of hydrogen-bond acceptors (Lipinski definition) is 2. The lowest BCUT2D eigenvalue weighted by atomic mass is 10.3. The molecule has 2 aromatic rings. The van der Waals surface area contributed by atoms with Gasteiger partial charge < -0.3 is 0 Å². The first-order valence-electron chi connectivity index (χ1n) is 3.80. The molecule has 3 nitrogen and oxygen atoms in total. The number of aryl methyl sites for hydroxylation is 1. The summed E-state index contributed by atoms with van der Waals surface area (Å²) in [5.41, 5.74) is 0.710. The van der Waals surface area contributed by atoms with Crippen molar-refractivity contribution in [1.29, 1.82) is 0 Å². The molecular formula is C9H7IN2O. The summed E-state index contributed by atoms with van der Waals surface area (Å²) >= 11 is 2.23. The standard InChI is InChI=1S/C9H7IN2O/c1-12-8(13)3-2-6-7(10)4-5-11-9(6)12/h2-5H,1H3. The lowest BCUT2D eigenvalue weighted by Gasteiger charge is -2.03. The molecule has 0 bridgehead atoms. The minimum atomic E-state index is -0.0259. The second-order valence-corrected chi connectivity index (χ2v) is 3.92. The summed E-state index contributed by atoms with van der Waals surface area (Å²) in [6, 6.07) is 5.30. The second-order valence-electron chi connectivity index (χ2n) is 2.76. The minimum Gasteiger partial charge on any atom is -0.296 e. The molecule has 0 saturated carbocycles. The molecule has 0 amide bonds. The SMILES string of the molecule is Cn1c(=O)ccc2c(I)ccnc21. The van der Waals surface area contributed by atoms with E-state index in [0.29, 0.717) is 0 Å². The Bertz CT molecular complexity index is 518. The normalized spacial score (nSPS) is 10.6. The fraction of sp³-hybridized carbons (Fsp3) is 0.111. The highest BCUT2D eigenvalue weighted by Gasteiger charge is 2.02. The van der Waals surface area contributed by atoms with E-state index < -0.39 is 0 Å². The molecule has 0 saturated heterocycles. The lowest BCUT2D eigenvalue weighted by Crippen LogP contribution is -2.16. The van der Waals surface area contributed by atoms with E-state index in [2.05, 4.69) is 27.6 Å². The van der Waals surface area contributed by atoms with Gasteiger partial charge >= 0.3 is 0 Å². The van der Waals surface area contributed by atoms with Crippen LogP contribution in [-0.4, -0.2) is 9.55 Å². The quantitative estimate of drug-likeness (QED) is 0.689. The molecule has 0 unspecified atom stereocenters. The van der Waals surface area contributed by atoms with Crippen LogP contribution >= 0.6 is 22.6 Å². The zero-order valence-electron chi connectivity index (χ0n) is 6.99. The highest BCUT2D eigenvalue weighted by molar-refractivity contribution is 14.1. The van der Waals surface area contributed by atoms with Crippen LogP contribution in [0.5, 0.6) is 0 Å². The number of pyridine rings is 2.